The molecule has 29 heavy (non-hydrogen) atoms. The Morgan fingerprint density at radius 2 is 1.79 bits per heavy atom. The Morgan fingerprint density at radius 1 is 1.07 bits per heavy atom. The number of hydrogen-bond acceptors (Lipinski definition) is 7. The Kier molecular flexibility index (Phi) is 6.13. The van der Waals surface area contributed by atoms with Crippen molar-refractivity contribution in [3.8, 4) is 11.5 Å². The van der Waals surface area contributed by atoms with E-state index in [1.165, 1.54) is 26.2 Å². The first kappa shape index (κ1) is 19.9. The first-order chi connectivity index (χ1) is 14.0. The summed E-state index contributed by atoms with van der Waals surface area (Å²) in [7, 11) is 1.30. The number of hydrogen-bond donors (Lipinski definition) is 1. The maximum Gasteiger partial charge on any atom is 0.337 e. The smallest absolute Gasteiger partial charge is 0.337 e. The average Bonchev–Trinajstić information content (AvgIpc) is 3.19. The van der Waals surface area contributed by atoms with Gasteiger partial charge in [-0.15, -0.1) is 0 Å². The third kappa shape index (κ3) is 5.13. The molecule has 0 saturated carbocycles. The van der Waals surface area contributed by atoms with Gasteiger partial charge in [0.1, 0.15) is 0 Å². The van der Waals surface area contributed by atoms with Crippen LogP contribution in [0.1, 0.15) is 22.8 Å². The standard InChI is InChI=1S/C21H19NO7/c1-13(20(24)22-16-8-9-17-18(11-16)28-12-27-17)29-19(23)10-5-14-3-6-15(7-4-14)21(25)26-2/h3-11,13H,12H2,1-2H3,(H,22,24). The van der Waals surface area contributed by atoms with Gasteiger partial charge < -0.3 is 24.3 Å². The zero-order valence-corrected chi connectivity index (χ0v) is 15.8. The summed E-state index contributed by atoms with van der Waals surface area (Å²) in [6.07, 6.45) is 1.72. The Bertz CT molecular complexity index is 950. The van der Waals surface area contributed by atoms with Gasteiger partial charge in [-0.25, -0.2) is 9.59 Å². The van der Waals surface area contributed by atoms with Crippen molar-refractivity contribution in [3.63, 3.8) is 0 Å². The molecule has 2 aromatic carbocycles. The molecule has 2 aromatic rings. The molecule has 0 aromatic heterocycles. The summed E-state index contributed by atoms with van der Waals surface area (Å²) in [4.78, 5) is 35.6. The summed E-state index contributed by atoms with van der Waals surface area (Å²) in [5, 5.41) is 2.65. The number of nitrogens with one attached hydrogen (secondary N) is 1. The highest BCUT2D eigenvalue weighted by molar-refractivity contribution is 5.97. The largest absolute Gasteiger partial charge is 0.465 e. The van der Waals surface area contributed by atoms with E-state index >= 15 is 0 Å². The Morgan fingerprint density at radius 3 is 2.52 bits per heavy atom. The minimum Gasteiger partial charge on any atom is -0.465 e. The number of anilines is 1. The van der Waals surface area contributed by atoms with Crippen LogP contribution < -0.4 is 14.8 Å². The van der Waals surface area contributed by atoms with Gasteiger partial charge in [0.05, 0.1) is 12.7 Å². The molecule has 8 nitrogen and oxygen atoms in total. The number of esters is 2. The summed E-state index contributed by atoms with van der Waals surface area (Å²) >= 11 is 0. The van der Waals surface area contributed by atoms with Crippen LogP contribution in [0.2, 0.25) is 0 Å². The van der Waals surface area contributed by atoms with E-state index < -0.39 is 23.9 Å². The Labute approximate surface area is 167 Å². The minimum absolute atomic E-state index is 0.137. The molecule has 0 saturated heterocycles. The summed E-state index contributed by atoms with van der Waals surface area (Å²) in [6, 6.07) is 11.5. The van der Waals surface area contributed by atoms with Crippen LogP contribution in [0, 0.1) is 0 Å². The molecule has 1 heterocycles. The van der Waals surface area contributed by atoms with Crippen molar-refractivity contribution in [2.24, 2.45) is 0 Å². The van der Waals surface area contributed by atoms with Crippen LogP contribution in [0.3, 0.4) is 0 Å². The number of ether oxygens (including phenoxy) is 4. The number of fused-ring (bicyclic) bond motifs is 1. The zero-order valence-electron chi connectivity index (χ0n) is 15.8. The molecule has 0 aliphatic carbocycles. The number of carbonyl (C=O) groups excluding carboxylic acids is 3. The van der Waals surface area contributed by atoms with Gasteiger partial charge in [0.25, 0.3) is 5.91 Å². The predicted octanol–water partition coefficient (Wildman–Crippen LogP) is 2.79. The summed E-state index contributed by atoms with van der Waals surface area (Å²) in [5.41, 5.74) is 1.59. The van der Waals surface area contributed by atoms with Crippen molar-refractivity contribution in [1.29, 1.82) is 0 Å². The molecule has 0 radical (unpaired) electrons. The van der Waals surface area contributed by atoms with E-state index in [0.29, 0.717) is 28.3 Å². The van der Waals surface area contributed by atoms with E-state index in [4.69, 9.17) is 14.2 Å². The molecule has 1 aliphatic rings. The number of methoxy groups -OCH3 is 1. The molecule has 0 spiro atoms. The van der Waals surface area contributed by atoms with Gasteiger partial charge in [-0.05, 0) is 42.8 Å². The Balaban J connectivity index is 1.52. The van der Waals surface area contributed by atoms with E-state index in [-0.39, 0.29) is 6.79 Å². The molecular weight excluding hydrogens is 378 g/mol. The highest BCUT2D eigenvalue weighted by atomic mass is 16.7. The topological polar surface area (TPSA) is 100 Å². The Hall–Kier alpha value is -3.81. The molecular formula is C21H19NO7. The van der Waals surface area contributed by atoms with Crippen molar-refractivity contribution in [2.45, 2.75) is 13.0 Å². The van der Waals surface area contributed by atoms with E-state index in [1.807, 2.05) is 0 Å². The fourth-order valence-electron chi connectivity index (χ4n) is 2.50. The van der Waals surface area contributed by atoms with Gasteiger partial charge in [-0.3, -0.25) is 4.79 Å². The SMILES string of the molecule is COC(=O)c1ccc(C=CC(=O)OC(C)C(=O)Nc2ccc3c(c2)OCO3)cc1. The van der Waals surface area contributed by atoms with Crippen LogP contribution in [0.5, 0.6) is 11.5 Å². The van der Waals surface area contributed by atoms with Crippen LogP contribution in [0.4, 0.5) is 5.69 Å². The third-order valence-corrected chi connectivity index (χ3v) is 4.05. The first-order valence-electron chi connectivity index (χ1n) is 8.74. The highest BCUT2D eigenvalue weighted by Crippen LogP contribution is 2.34. The number of carbonyl (C=O) groups is 3. The van der Waals surface area contributed by atoms with Crippen LogP contribution in [-0.2, 0) is 19.1 Å². The number of benzene rings is 2. The lowest BCUT2D eigenvalue weighted by Gasteiger charge is -2.12. The quantitative estimate of drug-likeness (QED) is 0.591. The van der Waals surface area contributed by atoms with Gasteiger partial charge >= 0.3 is 11.9 Å². The van der Waals surface area contributed by atoms with Gasteiger partial charge in [-0.1, -0.05) is 12.1 Å². The predicted molar refractivity (Wildman–Crippen MR) is 104 cm³/mol. The molecule has 1 unspecified atom stereocenters. The lowest BCUT2D eigenvalue weighted by molar-refractivity contribution is -0.148. The highest BCUT2D eigenvalue weighted by Gasteiger charge is 2.19. The third-order valence-electron chi connectivity index (χ3n) is 4.05. The monoisotopic (exact) mass is 397 g/mol. The molecule has 150 valence electrons. The fourth-order valence-corrected chi connectivity index (χ4v) is 2.50. The van der Waals surface area contributed by atoms with Crippen molar-refractivity contribution in [2.75, 3.05) is 19.2 Å². The van der Waals surface area contributed by atoms with Gasteiger partial charge in [0.2, 0.25) is 6.79 Å². The summed E-state index contributed by atoms with van der Waals surface area (Å²) < 4.78 is 20.2. The van der Waals surface area contributed by atoms with Crippen molar-refractivity contribution < 1.29 is 33.3 Å². The van der Waals surface area contributed by atoms with Crippen LogP contribution in [0.15, 0.2) is 48.5 Å². The molecule has 0 fully saturated rings. The van der Waals surface area contributed by atoms with E-state index in [2.05, 4.69) is 10.1 Å². The normalized spacial score (nSPS) is 13.0. The summed E-state index contributed by atoms with van der Waals surface area (Å²) in [6.45, 7) is 1.61. The van der Waals surface area contributed by atoms with Gasteiger partial charge in [0.15, 0.2) is 17.6 Å². The summed E-state index contributed by atoms with van der Waals surface area (Å²) in [5.74, 6) is -0.452. The lowest BCUT2D eigenvalue weighted by atomic mass is 10.1. The van der Waals surface area contributed by atoms with Crippen LogP contribution in [0.25, 0.3) is 6.08 Å². The molecule has 1 atom stereocenters. The number of rotatable bonds is 6. The minimum atomic E-state index is -1.00. The van der Waals surface area contributed by atoms with E-state index in [1.54, 1.807) is 42.5 Å². The lowest BCUT2D eigenvalue weighted by Crippen LogP contribution is -2.29. The second-order valence-electron chi connectivity index (χ2n) is 6.08. The van der Waals surface area contributed by atoms with Crippen molar-refractivity contribution >= 4 is 29.6 Å². The first-order valence-corrected chi connectivity index (χ1v) is 8.74. The van der Waals surface area contributed by atoms with Crippen molar-refractivity contribution in [3.05, 3.63) is 59.7 Å². The molecule has 1 amide bonds. The van der Waals surface area contributed by atoms with E-state index in [9.17, 15) is 14.4 Å². The molecule has 3 rings (SSSR count). The second-order valence-corrected chi connectivity index (χ2v) is 6.08. The molecule has 8 heteroatoms. The molecule has 0 bridgehead atoms. The maximum absolute atomic E-state index is 12.2. The van der Waals surface area contributed by atoms with Gasteiger partial charge in [0, 0.05) is 17.8 Å². The number of amides is 1. The van der Waals surface area contributed by atoms with Crippen molar-refractivity contribution in [1.82, 2.24) is 0 Å². The zero-order chi connectivity index (χ0) is 20.8. The van der Waals surface area contributed by atoms with Gasteiger partial charge in [-0.2, -0.15) is 0 Å². The average molecular weight is 397 g/mol. The van der Waals surface area contributed by atoms with Crippen LogP contribution in [-0.4, -0.2) is 37.9 Å². The van der Waals surface area contributed by atoms with Crippen LogP contribution >= 0.6 is 0 Å². The second kappa shape index (κ2) is 8.92. The fraction of sp³-hybridized carbons (Fsp3) is 0.190. The molecule has 1 N–H and O–H groups in total. The molecule has 1 aliphatic heterocycles. The van der Waals surface area contributed by atoms with E-state index in [0.717, 1.165) is 0 Å². The maximum atomic E-state index is 12.2.